The van der Waals surface area contributed by atoms with Gasteiger partial charge in [-0.1, -0.05) is 6.92 Å². The van der Waals surface area contributed by atoms with Gasteiger partial charge in [-0.15, -0.1) is 0 Å². The molecule has 1 aromatic heterocycles. The van der Waals surface area contributed by atoms with Gasteiger partial charge in [-0.3, -0.25) is 0 Å². The normalized spacial score (nSPS) is 17.0. The molecule has 0 saturated heterocycles. The highest BCUT2D eigenvalue weighted by Gasteiger charge is 2.28. The molecule has 7 heteroatoms. The Hall–Kier alpha value is -0.920. The minimum atomic E-state index is -3.27. The molecule has 1 aliphatic rings. The van der Waals surface area contributed by atoms with Gasteiger partial charge in [0, 0.05) is 7.05 Å². The summed E-state index contributed by atoms with van der Waals surface area (Å²) in [6.45, 7) is 2.22. The second kappa shape index (κ2) is 3.29. The number of aromatic nitrogens is 2. The number of sulfone groups is 1. The second-order valence-corrected chi connectivity index (χ2v) is 5.74. The summed E-state index contributed by atoms with van der Waals surface area (Å²) in [5.74, 6) is 0.0412. The topological polar surface area (TPSA) is 75.4 Å². The van der Waals surface area contributed by atoms with Crippen molar-refractivity contribution in [3.8, 4) is 0 Å². The van der Waals surface area contributed by atoms with E-state index in [2.05, 4.69) is 4.98 Å². The summed E-state index contributed by atoms with van der Waals surface area (Å²) in [6.07, 6.45) is 0. The largest absolute Gasteiger partial charge is 0.320 e. The highest BCUT2D eigenvalue weighted by Crippen LogP contribution is 2.23. The van der Waals surface area contributed by atoms with Crippen LogP contribution in [0.1, 0.15) is 18.3 Å². The molecule has 2 rings (SSSR count). The molecule has 0 saturated carbocycles. The number of hydrogen-bond donors (Lipinski definition) is 1. The summed E-state index contributed by atoms with van der Waals surface area (Å²) in [5, 5.41) is 10.5. The van der Waals surface area contributed by atoms with E-state index in [1.165, 1.54) is 0 Å². The number of fused-ring (bicyclic) bond motifs is 1. The predicted octanol–water partition coefficient (Wildman–Crippen LogP) is -0.0815. The molecule has 0 atom stereocenters. The molecule has 1 aliphatic heterocycles. The predicted molar refractivity (Wildman–Crippen MR) is 52.0 cm³/mol. The molecule has 6 nitrogen and oxygen atoms in total. The molecule has 2 heterocycles. The first kappa shape index (κ1) is 10.6. The SMILES string of the molecule is CCS(=O)(=O)c1nc2c(n1C)CN(O)C2. The van der Waals surface area contributed by atoms with Gasteiger partial charge in [0.05, 0.1) is 30.2 Å². The first-order valence-corrected chi connectivity index (χ1v) is 6.32. The van der Waals surface area contributed by atoms with Crippen molar-refractivity contribution in [1.82, 2.24) is 14.6 Å². The standard InChI is InChI=1S/C8H13N3O3S/c1-3-15(13,14)8-9-6-4-11(12)5-7(6)10(8)2/h12H,3-5H2,1-2H3. The van der Waals surface area contributed by atoms with Gasteiger partial charge in [-0.25, -0.2) is 13.4 Å². The Morgan fingerprint density at radius 1 is 1.47 bits per heavy atom. The van der Waals surface area contributed by atoms with Crippen LogP contribution >= 0.6 is 0 Å². The lowest BCUT2D eigenvalue weighted by Gasteiger charge is -2.07. The van der Waals surface area contributed by atoms with Crippen LogP contribution in [0.25, 0.3) is 0 Å². The summed E-state index contributed by atoms with van der Waals surface area (Å²) >= 11 is 0. The molecule has 0 aromatic carbocycles. The fraction of sp³-hybridized carbons (Fsp3) is 0.625. The van der Waals surface area contributed by atoms with Gasteiger partial charge < -0.3 is 9.77 Å². The molecule has 0 bridgehead atoms. The maximum absolute atomic E-state index is 11.6. The van der Waals surface area contributed by atoms with Crippen LogP contribution in [0.5, 0.6) is 0 Å². The van der Waals surface area contributed by atoms with Gasteiger partial charge in [0.2, 0.25) is 15.0 Å². The Labute approximate surface area is 88.0 Å². The zero-order valence-electron chi connectivity index (χ0n) is 8.63. The van der Waals surface area contributed by atoms with E-state index in [4.69, 9.17) is 0 Å². The van der Waals surface area contributed by atoms with E-state index in [1.54, 1.807) is 18.5 Å². The number of rotatable bonds is 2. The maximum atomic E-state index is 11.6. The third kappa shape index (κ3) is 1.56. The number of hydrogen-bond acceptors (Lipinski definition) is 5. The van der Waals surface area contributed by atoms with Crippen LogP contribution in [-0.2, 0) is 30.0 Å². The van der Waals surface area contributed by atoms with Crippen LogP contribution in [-0.4, -0.2) is 34.0 Å². The van der Waals surface area contributed by atoms with Crippen LogP contribution in [0.3, 0.4) is 0 Å². The molecule has 0 aliphatic carbocycles. The quantitative estimate of drug-likeness (QED) is 0.770. The summed E-state index contributed by atoms with van der Waals surface area (Å²) in [5.41, 5.74) is 1.41. The van der Waals surface area contributed by atoms with Crippen molar-refractivity contribution in [3.05, 3.63) is 11.4 Å². The summed E-state index contributed by atoms with van der Waals surface area (Å²) < 4.78 is 24.8. The first-order chi connectivity index (χ1) is 6.95. The van der Waals surface area contributed by atoms with Gasteiger partial charge in [0.25, 0.3) is 0 Å². The molecule has 15 heavy (non-hydrogen) atoms. The number of imidazole rings is 1. The van der Waals surface area contributed by atoms with Crippen molar-refractivity contribution >= 4 is 9.84 Å². The van der Waals surface area contributed by atoms with E-state index in [1.807, 2.05) is 0 Å². The second-order valence-electron chi connectivity index (χ2n) is 3.57. The van der Waals surface area contributed by atoms with E-state index >= 15 is 0 Å². The van der Waals surface area contributed by atoms with Crippen LogP contribution in [0.4, 0.5) is 0 Å². The average molecular weight is 231 g/mol. The van der Waals surface area contributed by atoms with Crippen molar-refractivity contribution in [2.75, 3.05) is 5.75 Å². The number of nitrogens with zero attached hydrogens (tertiary/aromatic N) is 3. The third-order valence-electron chi connectivity index (χ3n) is 2.58. The molecule has 1 N–H and O–H groups in total. The van der Waals surface area contributed by atoms with E-state index < -0.39 is 9.84 Å². The Morgan fingerprint density at radius 3 is 2.67 bits per heavy atom. The first-order valence-electron chi connectivity index (χ1n) is 4.66. The Bertz CT molecular complexity index is 491. The Kier molecular flexibility index (Phi) is 2.32. The van der Waals surface area contributed by atoms with E-state index in [0.29, 0.717) is 18.8 Å². The minimum absolute atomic E-state index is 0.0412. The monoisotopic (exact) mass is 231 g/mol. The van der Waals surface area contributed by atoms with Crippen LogP contribution in [0.15, 0.2) is 5.16 Å². The molecule has 0 amide bonds. The lowest BCUT2D eigenvalue weighted by molar-refractivity contribution is -0.0988. The Balaban J connectivity index is 2.52. The van der Waals surface area contributed by atoms with Gasteiger partial charge in [0.1, 0.15) is 0 Å². The molecule has 0 radical (unpaired) electrons. The summed E-state index contributed by atoms with van der Waals surface area (Å²) in [4.78, 5) is 4.06. The summed E-state index contributed by atoms with van der Waals surface area (Å²) in [7, 11) is -1.61. The Morgan fingerprint density at radius 2 is 2.13 bits per heavy atom. The molecule has 0 fully saturated rings. The van der Waals surface area contributed by atoms with Crippen LogP contribution < -0.4 is 0 Å². The zero-order chi connectivity index (χ0) is 11.2. The van der Waals surface area contributed by atoms with E-state index in [9.17, 15) is 13.6 Å². The van der Waals surface area contributed by atoms with Gasteiger partial charge >= 0.3 is 0 Å². The van der Waals surface area contributed by atoms with Gasteiger partial charge in [-0.2, -0.15) is 5.06 Å². The molecule has 0 spiro atoms. The molecule has 84 valence electrons. The van der Waals surface area contributed by atoms with Crippen molar-refractivity contribution in [1.29, 1.82) is 0 Å². The molecule has 0 unspecified atom stereocenters. The molecular formula is C8H13N3O3S. The van der Waals surface area contributed by atoms with E-state index in [0.717, 1.165) is 10.8 Å². The van der Waals surface area contributed by atoms with Crippen molar-refractivity contribution < 1.29 is 13.6 Å². The van der Waals surface area contributed by atoms with Gasteiger partial charge in [-0.05, 0) is 0 Å². The zero-order valence-corrected chi connectivity index (χ0v) is 9.45. The fourth-order valence-electron chi connectivity index (χ4n) is 1.70. The van der Waals surface area contributed by atoms with Crippen molar-refractivity contribution in [3.63, 3.8) is 0 Å². The highest BCUT2D eigenvalue weighted by atomic mass is 32.2. The van der Waals surface area contributed by atoms with Crippen molar-refractivity contribution in [2.45, 2.75) is 25.2 Å². The van der Waals surface area contributed by atoms with Gasteiger partial charge in [0.15, 0.2) is 0 Å². The minimum Gasteiger partial charge on any atom is -0.320 e. The smallest absolute Gasteiger partial charge is 0.227 e. The third-order valence-corrected chi connectivity index (χ3v) is 4.26. The number of hydroxylamine groups is 2. The lowest BCUT2D eigenvalue weighted by Crippen LogP contribution is -2.16. The van der Waals surface area contributed by atoms with E-state index in [-0.39, 0.29) is 10.9 Å². The summed E-state index contributed by atoms with van der Waals surface area (Å²) in [6, 6.07) is 0. The highest BCUT2D eigenvalue weighted by molar-refractivity contribution is 7.91. The lowest BCUT2D eigenvalue weighted by atomic mass is 10.4. The fourth-order valence-corrected chi connectivity index (χ4v) is 2.73. The molecule has 1 aromatic rings. The maximum Gasteiger partial charge on any atom is 0.227 e. The van der Waals surface area contributed by atoms with Crippen LogP contribution in [0, 0.1) is 0 Å². The van der Waals surface area contributed by atoms with Crippen molar-refractivity contribution in [2.24, 2.45) is 7.05 Å². The van der Waals surface area contributed by atoms with Crippen LogP contribution in [0.2, 0.25) is 0 Å². The molecular weight excluding hydrogens is 218 g/mol. The average Bonchev–Trinajstić information content (AvgIpc) is 2.66.